The maximum Gasteiger partial charge on any atom is 0.224 e. The predicted octanol–water partition coefficient (Wildman–Crippen LogP) is 1.53. The molecule has 0 bridgehead atoms. The molecule has 2 aliphatic rings. The third-order valence-corrected chi connectivity index (χ3v) is 4.47. The van der Waals surface area contributed by atoms with Crippen LogP contribution in [0.15, 0.2) is 0 Å². The topological polar surface area (TPSA) is 55.6 Å². The zero-order chi connectivity index (χ0) is 13.0. The smallest absolute Gasteiger partial charge is 0.224 e. The quantitative estimate of drug-likeness (QED) is 0.828. The molecule has 0 aromatic heterocycles. The second kappa shape index (κ2) is 6.02. The summed E-state index contributed by atoms with van der Waals surface area (Å²) in [5.41, 5.74) is 6.07. The fourth-order valence-corrected chi connectivity index (χ4v) is 3.25. The molecule has 1 saturated carbocycles. The van der Waals surface area contributed by atoms with Gasteiger partial charge in [0.25, 0.3) is 0 Å². The highest BCUT2D eigenvalue weighted by Crippen LogP contribution is 2.31. The molecule has 4 heteroatoms. The molecule has 2 rings (SSSR count). The van der Waals surface area contributed by atoms with Gasteiger partial charge in [-0.25, -0.2) is 0 Å². The summed E-state index contributed by atoms with van der Waals surface area (Å²) in [6.45, 7) is 2.58. The lowest BCUT2D eigenvalue weighted by atomic mass is 9.92. The molecular formula is C14H26N2O2. The number of rotatable bonds is 4. The average Bonchev–Trinajstić information content (AvgIpc) is 2.77. The van der Waals surface area contributed by atoms with Gasteiger partial charge in [-0.3, -0.25) is 4.79 Å². The summed E-state index contributed by atoms with van der Waals surface area (Å²) >= 11 is 0. The van der Waals surface area contributed by atoms with E-state index in [4.69, 9.17) is 10.5 Å². The standard InChI is InChI=1S/C14H26N2O2/c1-18-11-12-4-8-16(9-5-12)13(17)10-14(15)6-2-3-7-14/h12H,2-11,15H2,1H3. The van der Waals surface area contributed by atoms with E-state index in [1.165, 1.54) is 12.8 Å². The molecular weight excluding hydrogens is 228 g/mol. The molecule has 2 N–H and O–H groups in total. The number of carbonyl (C=O) groups excluding carboxylic acids is 1. The lowest BCUT2D eigenvalue weighted by Crippen LogP contribution is -2.46. The molecule has 0 atom stereocenters. The zero-order valence-corrected chi connectivity index (χ0v) is 11.5. The third-order valence-electron chi connectivity index (χ3n) is 4.47. The Morgan fingerprint density at radius 1 is 1.33 bits per heavy atom. The van der Waals surface area contributed by atoms with Crippen molar-refractivity contribution in [2.75, 3.05) is 26.8 Å². The van der Waals surface area contributed by atoms with Crippen LogP contribution in [-0.4, -0.2) is 43.2 Å². The zero-order valence-electron chi connectivity index (χ0n) is 11.5. The van der Waals surface area contributed by atoms with Crippen molar-refractivity contribution in [2.45, 2.75) is 50.5 Å². The van der Waals surface area contributed by atoms with E-state index < -0.39 is 0 Å². The Labute approximate surface area is 110 Å². The second-order valence-electron chi connectivity index (χ2n) is 6.03. The summed E-state index contributed by atoms with van der Waals surface area (Å²) in [4.78, 5) is 14.2. The van der Waals surface area contributed by atoms with Crippen LogP contribution in [0.2, 0.25) is 0 Å². The van der Waals surface area contributed by atoms with Gasteiger partial charge >= 0.3 is 0 Å². The Hall–Kier alpha value is -0.610. The number of amides is 1. The van der Waals surface area contributed by atoms with Crippen LogP contribution in [-0.2, 0) is 9.53 Å². The molecule has 1 aliphatic heterocycles. The van der Waals surface area contributed by atoms with Gasteiger partial charge in [0.2, 0.25) is 5.91 Å². The van der Waals surface area contributed by atoms with Crippen LogP contribution in [0.1, 0.15) is 44.9 Å². The van der Waals surface area contributed by atoms with Gasteiger partial charge < -0.3 is 15.4 Å². The van der Waals surface area contributed by atoms with Crippen molar-refractivity contribution in [2.24, 2.45) is 11.7 Å². The second-order valence-corrected chi connectivity index (χ2v) is 6.03. The highest BCUT2D eigenvalue weighted by atomic mass is 16.5. The molecule has 0 aromatic rings. The van der Waals surface area contributed by atoms with Gasteiger partial charge in [0.15, 0.2) is 0 Å². The minimum Gasteiger partial charge on any atom is -0.384 e. The van der Waals surface area contributed by atoms with Gasteiger partial charge in [0.05, 0.1) is 0 Å². The van der Waals surface area contributed by atoms with Crippen LogP contribution in [0.3, 0.4) is 0 Å². The molecule has 4 nitrogen and oxygen atoms in total. The Kier molecular flexibility index (Phi) is 4.62. The Balaban J connectivity index is 1.77. The minimum atomic E-state index is -0.208. The number of ether oxygens (including phenoxy) is 1. The number of piperidine rings is 1. The van der Waals surface area contributed by atoms with Crippen LogP contribution in [0.5, 0.6) is 0 Å². The molecule has 0 unspecified atom stereocenters. The van der Waals surface area contributed by atoms with Crippen LogP contribution in [0, 0.1) is 5.92 Å². The molecule has 104 valence electrons. The fraction of sp³-hybridized carbons (Fsp3) is 0.929. The van der Waals surface area contributed by atoms with E-state index in [0.717, 1.165) is 45.4 Å². The van der Waals surface area contributed by atoms with Crippen molar-refractivity contribution >= 4 is 5.91 Å². The monoisotopic (exact) mass is 254 g/mol. The van der Waals surface area contributed by atoms with E-state index in [1.54, 1.807) is 7.11 Å². The Morgan fingerprint density at radius 3 is 2.50 bits per heavy atom. The molecule has 1 saturated heterocycles. The first kappa shape index (κ1) is 13.8. The minimum absolute atomic E-state index is 0.208. The summed E-state index contributed by atoms with van der Waals surface area (Å²) < 4.78 is 5.18. The molecule has 1 heterocycles. The highest BCUT2D eigenvalue weighted by Gasteiger charge is 2.34. The molecule has 1 aliphatic carbocycles. The van der Waals surface area contributed by atoms with Crippen molar-refractivity contribution in [3.05, 3.63) is 0 Å². The van der Waals surface area contributed by atoms with Crippen molar-refractivity contribution in [3.8, 4) is 0 Å². The van der Waals surface area contributed by atoms with E-state index in [2.05, 4.69) is 0 Å². The van der Waals surface area contributed by atoms with E-state index in [1.807, 2.05) is 4.90 Å². The number of hydrogen-bond acceptors (Lipinski definition) is 3. The van der Waals surface area contributed by atoms with Crippen LogP contribution < -0.4 is 5.73 Å². The van der Waals surface area contributed by atoms with Gasteiger partial charge in [-0.15, -0.1) is 0 Å². The van der Waals surface area contributed by atoms with Gasteiger partial charge in [-0.05, 0) is 31.6 Å². The van der Waals surface area contributed by atoms with Crippen molar-refractivity contribution in [3.63, 3.8) is 0 Å². The van der Waals surface area contributed by atoms with Crippen molar-refractivity contribution in [1.82, 2.24) is 4.90 Å². The summed E-state index contributed by atoms with van der Waals surface area (Å²) in [6, 6.07) is 0. The summed E-state index contributed by atoms with van der Waals surface area (Å²) in [6.07, 6.45) is 7.06. The number of nitrogens with two attached hydrogens (primary N) is 1. The molecule has 0 radical (unpaired) electrons. The Morgan fingerprint density at radius 2 is 1.94 bits per heavy atom. The van der Waals surface area contributed by atoms with Crippen LogP contribution in [0.4, 0.5) is 0 Å². The lowest BCUT2D eigenvalue weighted by Gasteiger charge is -2.34. The van der Waals surface area contributed by atoms with Crippen LogP contribution >= 0.6 is 0 Å². The number of methoxy groups -OCH3 is 1. The number of likely N-dealkylation sites (tertiary alicyclic amines) is 1. The van der Waals surface area contributed by atoms with E-state index in [-0.39, 0.29) is 11.4 Å². The third kappa shape index (κ3) is 3.45. The SMILES string of the molecule is COCC1CCN(C(=O)CC2(N)CCCC2)CC1. The first-order valence-corrected chi connectivity index (χ1v) is 7.18. The molecule has 0 spiro atoms. The molecule has 2 fully saturated rings. The molecule has 1 amide bonds. The van der Waals surface area contributed by atoms with Crippen LogP contribution in [0.25, 0.3) is 0 Å². The van der Waals surface area contributed by atoms with Gasteiger partial charge in [0, 0.05) is 38.8 Å². The van der Waals surface area contributed by atoms with Gasteiger partial charge in [0.1, 0.15) is 0 Å². The lowest BCUT2D eigenvalue weighted by molar-refractivity contribution is -0.134. The summed E-state index contributed by atoms with van der Waals surface area (Å²) in [5.74, 6) is 0.882. The molecule has 18 heavy (non-hydrogen) atoms. The van der Waals surface area contributed by atoms with E-state index >= 15 is 0 Å². The highest BCUT2D eigenvalue weighted by molar-refractivity contribution is 5.77. The Bertz CT molecular complexity index is 280. The maximum absolute atomic E-state index is 12.2. The fourth-order valence-electron chi connectivity index (χ4n) is 3.25. The largest absolute Gasteiger partial charge is 0.384 e. The number of nitrogens with zero attached hydrogens (tertiary/aromatic N) is 1. The van der Waals surface area contributed by atoms with Crippen molar-refractivity contribution < 1.29 is 9.53 Å². The number of carbonyl (C=O) groups is 1. The van der Waals surface area contributed by atoms with E-state index in [9.17, 15) is 4.79 Å². The van der Waals surface area contributed by atoms with E-state index in [0.29, 0.717) is 12.3 Å². The normalized spacial score (nSPS) is 24.4. The maximum atomic E-state index is 12.2. The average molecular weight is 254 g/mol. The summed E-state index contributed by atoms with van der Waals surface area (Å²) in [7, 11) is 1.75. The first-order valence-electron chi connectivity index (χ1n) is 7.18. The summed E-state index contributed by atoms with van der Waals surface area (Å²) in [5, 5.41) is 0. The molecule has 0 aromatic carbocycles. The first-order chi connectivity index (χ1) is 8.63. The van der Waals surface area contributed by atoms with Gasteiger partial charge in [-0.2, -0.15) is 0 Å². The van der Waals surface area contributed by atoms with Crippen molar-refractivity contribution in [1.29, 1.82) is 0 Å². The predicted molar refractivity (Wildman–Crippen MR) is 71.2 cm³/mol. The van der Waals surface area contributed by atoms with Gasteiger partial charge in [-0.1, -0.05) is 12.8 Å². The number of hydrogen-bond donors (Lipinski definition) is 1.